The molecule has 0 radical (unpaired) electrons. The van der Waals surface area contributed by atoms with Crippen molar-refractivity contribution < 1.29 is 14.3 Å². The molecule has 1 aromatic carbocycles. The number of carbonyl (C=O) groups is 2. The summed E-state index contributed by atoms with van der Waals surface area (Å²) in [5, 5.41) is 8.70. The fourth-order valence-corrected chi connectivity index (χ4v) is 2.12. The van der Waals surface area contributed by atoms with Crippen LogP contribution in [0.1, 0.15) is 13.3 Å². The molecule has 3 N–H and O–H groups in total. The lowest BCUT2D eigenvalue weighted by Gasteiger charge is -2.23. The molecule has 1 aromatic rings. The van der Waals surface area contributed by atoms with Crippen molar-refractivity contribution in [2.24, 2.45) is 0 Å². The molecule has 1 saturated heterocycles. The summed E-state index contributed by atoms with van der Waals surface area (Å²) in [7, 11) is 0. The van der Waals surface area contributed by atoms with Crippen LogP contribution in [0.25, 0.3) is 0 Å². The van der Waals surface area contributed by atoms with Crippen LogP contribution in [0.2, 0.25) is 5.02 Å². The molecular weight excluding hydrogens is 294 g/mol. The van der Waals surface area contributed by atoms with E-state index in [9.17, 15) is 9.59 Å². The molecule has 0 spiro atoms. The summed E-state index contributed by atoms with van der Waals surface area (Å²) >= 11 is 6.10. The highest BCUT2D eigenvalue weighted by molar-refractivity contribution is 6.32. The fourth-order valence-electron chi connectivity index (χ4n) is 1.89. The topological polar surface area (TPSA) is 79.5 Å². The van der Waals surface area contributed by atoms with Gasteiger partial charge in [0.15, 0.2) is 0 Å². The van der Waals surface area contributed by atoms with Crippen LogP contribution in [-0.4, -0.2) is 37.6 Å². The first-order valence-corrected chi connectivity index (χ1v) is 7.21. The number of ether oxygens (including phenoxy) is 1. The van der Waals surface area contributed by atoms with Crippen molar-refractivity contribution in [3.8, 4) is 5.75 Å². The first kappa shape index (κ1) is 15.6. The van der Waals surface area contributed by atoms with E-state index in [2.05, 4.69) is 16.0 Å². The first-order chi connectivity index (χ1) is 10.1. The Bertz CT molecular complexity index is 526. The van der Waals surface area contributed by atoms with Gasteiger partial charge in [0.2, 0.25) is 11.8 Å². The Morgan fingerprint density at radius 1 is 1.52 bits per heavy atom. The molecule has 0 bridgehead atoms. The Kier molecular flexibility index (Phi) is 5.41. The van der Waals surface area contributed by atoms with Gasteiger partial charge in [0.1, 0.15) is 11.8 Å². The van der Waals surface area contributed by atoms with Gasteiger partial charge in [-0.2, -0.15) is 0 Å². The summed E-state index contributed by atoms with van der Waals surface area (Å²) < 4.78 is 5.47. The van der Waals surface area contributed by atoms with E-state index in [0.29, 0.717) is 23.1 Å². The van der Waals surface area contributed by atoms with Crippen LogP contribution in [0.5, 0.6) is 5.75 Å². The van der Waals surface area contributed by atoms with Crippen molar-refractivity contribution in [3.63, 3.8) is 0 Å². The molecule has 1 atom stereocenters. The fraction of sp³-hybridized carbons (Fsp3) is 0.429. The zero-order chi connectivity index (χ0) is 15.2. The molecule has 21 heavy (non-hydrogen) atoms. The third-order valence-electron chi connectivity index (χ3n) is 2.99. The standard InChI is InChI=1S/C14H18ClN3O3/c1-2-5-21-12-4-3-9(6-10(12)15)18-14(20)11-7-17-13(19)8-16-11/h3-4,6,11,16H,2,5,7-8H2,1H3,(H,17,19)(H,18,20). The second-order valence-corrected chi connectivity index (χ2v) is 5.13. The predicted molar refractivity (Wildman–Crippen MR) is 80.7 cm³/mol. The van der Waals surface area contributed by atoms with Crippen LogP contribution in [-0.2, 0) is 9.59 Å². The highest BCUT2D eigenvalue weighted by Crippen LogP contribution is 2.27. The van der Waals surface area contributed by atoms with Gasteiger partial charge in [-0.25, -0.2) is 0 Å². The SMILES string of the molecule is CCCOc1ccc(NC(=O)C2CNC(=O)CN2)cc1Cl. The van der Waals surface area contributed by atoms with E-state index in [-0.39, 0.29) is 24.9 Å². The van der Waals surface area contributed by atoms with E-state index in [1.807, 2.05) is 6.92 Å². The van der Waals surface area contributed by atoms with E-state index >= 15 is 0 Å². The smallest absolute Gasteiger partial charge is 0.243 e. The molecule has 1 fully saturated rings. The number of halogens is 1. The molecule has 1 aliphatic rings. The van der Waals surface area contributed by atoms with Gasteiger partial charge in [-0.1, -0.05) is 18.5 Å². The molecule has 0 aliphatic carbocycles. The second-order valence-electron chi connectivity index (χ2n) is 4.72. The zero-order valence-corrected chi connectivity index (χ0v) is 12.5. The van der Waals surface area contributed by atoms with Crippen LogP contribution in [0.4, 0.5) is 5.69 Å². The van der Waals surface area contributed by atoms with Crippen molar-refractivity contribution in [1.29, 1.82) is 0 Å². The number of hydrogen-bond donors (Lipinski definition) is 3. The lowest BCUT2D eigenvalue weighted by molar-refractivity contribution is -0.124. The Labute approximate surface area is 128 Å². The number of anilines is 1. The van der Waals surface area contributed by atoms with Gasteiger partial charge >= 0.3 is 0 Å². The van der Waals surface area contributed by atoms with Crippen molar-refractivity contribution in [1.82, 2.24) is 10.6 Å². The maximum atomic E-state index is 12.0. The Balaban J connectivity index is 1.94. The Morgan fingerprint density at radius 2 is 2.33 bits per heavy atom. The molecule has 114 valence electrons. The predicted octanol–water partition coefficient (Wildman–Crippen LogP) is 1.16. The molecule has 6 nitrogen and oxygen atoms in total. The third-order valence-corrected chi connectivity index (χ3v) is 3.29. The van der Waals surface area contributed by atoms with E-state index in [4.69, 9.17) is 16.3 Å². The summed E-state index contributed by atoms with van der Waals surface area (Å²) in [6.07, 6.45) is 0.897. The minimum Gasteiger partial charge on any atom is -0.492 e. The number of amides is 2. The Hall–Kier alpha value is -1.79. The quantitative estimate of drug-likeness (QED) is 0.762. The second kappa shape index (κ2) is 7.28. The van der Waals surface area contributed by atoms with Crippen molar-refractivity contribution in [3.05, 3.63) is 23.2 Å². The van der Waals surface area contributed by atoms with Gasteiger partial charge in [0.05, 0.1) is 18.2 Å². The van der Waals surface area contributed by atoms with E-state index in [1.54, 1.807) is 18.2 Å². The van der Waals surface area contributed by atoms with E-state index in [1.165, 1.54) is 0 Å². The number of hydrogen-bond acceptors (Lipinski definition) is 4. The largest absolute Gasteiger partial charge is 0.492 e. The van der Waals surface area contributed by atoms with Crippen molar-refractivity contribution >= 4 is 29.1 Å². The van der Waals surface area contributed by atoms with Crippen LogP contribution < -0.4 is 20.7 Å². The lowest BCUT2D eigenvalue weighted by atomic mass is 10.2. The monoisotopic (exact) mass is 311 g/mol. The molecule has 0 aromatic heterocycles. The first-order valence-electron chi connectivity index (χ1n) is 6.83. The van der Waals surface area contributed by atoms with Gasteiger partial charge in [-0.15, -0.1) is 0 Å². The van der Waals surface area contributed by atoms with Gasteiger partial charge in [-0.3, -0.25) is 14.9 Å². The summed E-state index contributed by atoms with van der Waals surface area (Å²) in [6, 6.07) is 4.66. The molecule has 2 rings (SSSR count). The van der Waals surface area contributed by atoms with Crippen LogP contribution in [0.3, 0.4) is 0 Å². The number of rotatable bonds is 5. The van der Waals surface area contributed by atoms with E-state index in [0.717, 1.165) is 6.42 Å². The zero-order valence-electron chi connectivity index (χ0n) is 11.7. The molecule has 0 saturated carbocycles. The highest BCUT2D eigenvalue weighted by Gasteiger charge is 2.23. The molecular formula is C14H18ClN3O3. The van der Waals surface area contributed by atoms with Crippen molar-refractivity contribution in [2.45, 2.75) is 19.4 Å². The number of carbonyl (C=O) groups excluding carboxylic acids is 2. The van der Waals surface area contributed by atoms with Crippen LogP contribution in [0.15, 0.2) is 18.2 Å². The summed E-state index contributed by atoms with van der Waals surface area (Å²) in [6.45, 7) is 3.02. The minimum absolute atomic E-state index is 0.112. The Morgan fingerprint density at radius 3 is 2.95 bits per heavy atom. The average molecular weight is 312 g/mol. The summed E-state index contributed by atoms with van der Waals surface area (Å²) in [4.78, 5) is 23.1. The number of piperazine rings is 1. The summed E-state index contributed by atoms with van der Waals surface area (Å²) in [5.41, 5.74) is 0.590. The van der Waals surface area contributed by atoms with Gasteiger partial charge in [0, 0.05) is 12.2 Å². The van der Waals surface area contributed by atoms with Crippen molar-refractivity contribution in [2.75, 3.05) is 25.0 Å². The van der Waals surface area contributed by atoms with Gasteiger partial charge in [0.25, 0.3) is 0 Å². The molecule has 1 aliphatic heterocycles. The maximum Gasteiger partial charge on any atom is 0.243 e. The van der Waals surface area contributed by atoms with Gasteiger partial charge < -0.3 is 15.4 Å². The van der Waals surface area contributed by atoms with Crippen LogP contribution >= 0.6 is 11.6 Å². The molecule has 2 amide bonds. The minimum atomic E-state index is -0.447. The molecule has 7 heteroatoms. The molecule has 1 heterocycles. The maximum absolute atomic E-state index is 12.0. The normalized spacial score (nSPS) is 18.0. The third kappa shape index (κ3) is 4.34. The molecule has 1 unspecified atom stereocenters. The summed E-state index contributed by atoms with van der Waals surface area (Å²) in [5.74, 6) is 0.271. The average Bonchev–Trinajstić information content (AvgIpc) is 2.47. The van der Waals surface area contributed by atoms with E-state index < -0.39 is 6.04 Å². The van der Waals surface area contributed by atoms with Gasteiger partial charge in [-0.05, 0) is 24.6 Å². The van der Waals surface area contributed by atoms with Crippen LogP contribution in [0, 0.1) is 0 Å². The number of nitrogens with one attached hydrogen (secondary N) is 3. The highest BCUT2D eigenvalue weighted by atomic mass is 35.5. The number of benzene rings is 1. The lowest BCUT2D eigenvalue weighted by Crippen LogP contribution is -2.56.